The summed E-state index contributed by atoms with van der Waals surface area (Å²) in [4.78, 5) is 28.0. The number of aliphatic imine (C=N–C) groups is 1. The molecule has 0 fully saturated rings. The summed E-state index contributed by atoms with van der Waals surface area (Å²) in [6.07, 6.45) is -3.40. The van der Waals surface area contributed by atoms with E-state index in [-0.39, 0.29) is 11.4 Å². The van der Waals surface area contributed by atoms with Gasteiger partial charge in [-0.05, 0) is 30.3 Å². The van der Waals surface area contributed by atoms with Crippen molar-refractivity contribution >= 4 is 34.9 Å². The van der Waals surface area contributed by atoms with Crippen LogP contribution in [-0.4, -0.2) is 16.9 Å². The van der Waals surface area contributed by atoms with Crippen LogP contribution in [0.25, 0.3) is 0 Å². The minimum Gasteiger partial charge on any atom is -0.369 e. The zero-order chi connectivity index (χ0) is 24.2. The van der Waals surface area contributed by atoms with E-state index in [1.54, 1.807) is 6.07 Å². The van der Waals surface area contributed by atoms with E-state index < -0.39 is 51.8 Å². The van der Waals surface area contributed by atoms with Crippen molar-refractivity contribution in [2.75, 3.05) is 5.32 Å². The van der Waals surface area contributed by atoms with Crippen molar-refractivity contribution in [3.8, 4) is 5.75 Å². The number of hydrogen-bond donors (Lipinski definition) is 2. The maximum absolute atomic E-state index is 14.3. The van der Waals surface area contributed by atoms with Crippen LogP contribution in [0.4, 0.5) is 33.3 Å². The Hall–Kier alpha value is -3.93. The van der Waals surface area contributed by atoms with Crippen molar-refractivity contribution in [3.05, 3.63) is 82.6 Å². The van der Waals surface area contributed by atoms with Gasteiger partial charge in [0.1, 0.15) is 5.69 Å². The second kappa shape index (κ2) is 9.69. The van der Waals surface area contributed by atoms with Gasteiger partial charge in [-0.2, -0.15) is 13.2 Å². The van der Waals surface area contributed by atoms with Crippen LogP contribution >= 0.6 is 11.6 Å². The summed E-state index contributed by atoms with van der Waals surface area (Å²) < 4.78 is 67.4. The molecule has 3 rings (SSSR count). The maximum atomic E-state index is 14.3. The van der Waals surface area contributed by atoms with Gasteiger partial charge in [0.25, 0.3) is 0 Å². The second-order valence-electron chi connectivity index (χ2n) is 6.22. The highest BCUT2D eigenvalue weighted by Crippen LogP contribution is 2.36. The number of guanidine groups is 1. The lowest BCUT2D eigenvalue weighted by molar-refractivity contribution is -0.150. The summed E-state index contributed by atoms with van der Waals surface area (Å²) >= 11 is 5.53. The van der Waals surface area contributed by atoms with Gasteiger partial charge in [-0.15, -0.1) is 0 Å². The summed E-state index contributed by atoms with van der Waals surface area (Å²) in [5.74, 6) is -4.63. The molecule has 0 unspecified atom stereocenters. The molecule has 3 N–H and O–H groups in total. The number of nitrogens with zero attached hydrogens (tertiary/aromatic N) is 2. The van der Waals surface area contributed by atoms with E-state index in [9.17, 15) is 26.7 Å². The number of alkyl halides is 3. The van der Waals surface area contributed by atoms with Gasteiger partial charge < -0.3 is 11.1 Å². The molecule has 0 amide bonds. The number of anilines is 1. The lowest BCUT2D eigenvalue weighted by Gasteiger charge is -2.12. The number of nitrogens with one attached hydrogen (secondary N) is 1. The lowest BCUT2D eigenvalue weighted by Crippen LogP contribution is -2.22. The van der Waals surface area contributed by atoms with Crippen LogP contribution in [-0.2, 0) is 11.1 Å². The SMILES string of the molecule is NC(=Nc1c(F)cc(OOC(=O)c2ccccn2)cc1F)Nc1ccc(Cl)c(C(F)(F)F)c1. The molecule has 0 radical (unpaired) electrons. The van der Waals surface area contributed by atoms with Crippen molar-refractivity contribution in [1.82, 2.24) is 4.98 Å². The number of rotatable bonds is 5. The molecule has 0 bridgehead atoms. The van der Waals surface area contributed by atoms with Gasteiger partial charge in [-0.3, -0.25) is 4.89 Å². The summed E-state index contributed by atoms with van der Waals surface area (Å²) in [5.41, 5.74) is 3.28. The molecule has 0 aliphatic heterocycles. The Morgan fingerprint density at radius 2 is 1.79 bits per heavy atom. The minimum atomic E-state index is -4.73. The topological polar surface area (TPSA) is 98.8 Å². The predicted octanol–water partition coefficient (Wildman–Crippen LogP) is 5.24. The second-order valence-corrected chi connectivity index (χ2v) is 6.63. The predicted molar refractivity (Wildman–Crippen MR) is 108 cm³/mol. The molecule has 172 valence electrons. The number of carbonyl (C=O) groups excluding carboxylic acids is 1. The molecule has 33 heavy (non-hydrogen) atoms. The molecule has 0 spiro atoms. The molecule has 0 saturated carbocycles. The van der Waals surface area contributed by atoms with Crippen LogP contribution < -0.4 is 15.9 Å². The molecule has 0 saturated heterocycles. The molecular weight excluding hydrogens is 475 g/mol. The van der Waals surface area contributed by atoms with E-state index in [0.717, 1.165) is 6.07 Å². The first-order chi connectivity index (χ1) is 15.5. The van der Waals surface area contributed by atoms with E-state index in [1.165, 1.54) is 24.4 Å². The van der Waals surface area contributed by atoms with Gasteiger partial charge in [0.15, 0.2) is 29.0 Å². The number of pyridine rings is 1. The fraction of sp³-hybridized carbons (Fsp3) is 0.0500. The van der Waals surface area contributed by atoms with Crippen molar-refractivity contribution in [1.29, 1.82) is 0 Å². The Morgan fingerprint density at radius 1 is 1.09 bits per heavy atom. The molecular formula is C20H12ClF5N4O3. The normalized spacial score (nSPS) is 11.8. The first-order valence-corrected chi connectivity index (χ1v) is 9.19. The van der Waals surface area contributed by atoms with Crippen LogP contribution in [0.3, 0.4) is 0 Å². The van der Waals surface area contributed by atoms with E-state index in [1.807, 2.05) is 0 Å². The van der Waals surface area contributed by atoms with Gasteiger partial charge in [0.05, 0.1) is 10.6 Å². The number of aromatic nitrogens is 1. The Kier molecular flexibility index (Phi) is 6.97. The highest BCUT2D eigenvalue weighted by atomic mass is 35.5. The fourth-order valence-corrected chi connectivity index (χ4v) is 2.65. The van der Waals surface area contributed by atoms with E-state index in [2.05, 4.69) is 25.1 Å². The fourth-order valence-electron chi connectivity index (χ4n) is 2.43. The Balaban J connectivity index is 1.74. The molecule has 0 aliphatic rings. The van der Waals surface area contributed by atoms with Gasteiger partial charge in [0, 0.05) is 24.0 Å². The summed E-state index contributed by atoms with van der Waals surface area (Å²) in [5, 5.41) is 1.74. The van der Waals surface area contributed by atoms with Gasteiger partial charge in [0.2, 0.25) is 0 Å². The molecule has 2 aromatic carbocycles. The standard InChI is InChI=1S/C20H12ClF5N4O3/c21-13-5-4-10(7-12(13)20(24,25)26)29-19(27)30-17-14(22)8-11(9-15(17)23)32-33-18(31)16-3-1-2-6-28-16/h1-9H,(H3,27,29,30). The average Bonchev–Trinajstić information content (AvgIpc) is 2.75. The Morgan fingerprint density at radius 3 is 2.39 bits per heavy atom. The highest BCUT2D eigenvalue weighted by molar-refractivity contribution is 6.31. The van der Waals surface area contributed by atoms with Gasteiger partial charge in [-0.1, -0.05) is 17.7 Å². The number of benzene rings is 2. The number of hydrogen-bond acceptors (Lipinski definition) is 5. The van der Waals surface area contributed by atoms with Crippen molar-refractivity contribution in [3.63, 3.8) is 0 Å². The summed E-state index contributed by atoms with van der Waals surface area (Å²) in [7, 11) is 0. The first-order valence-electron chi connectivity index (χ1n) is 8.81. The molecule has 0 atom stereocenters. The Labute approximate surface area is 187 Å². The highest BCUT2D eigenvalue weighted by Gasteiger charge is 2.33. The van der Waals surface area contributed by atoms with Crippen LogP contribution in [0.15, 0.2) is 59.7 Å². The molecule has 0 aliphatic carbocycles. The van der Waals surface area contributed by atoms with Gasteiger partial charge in [-0.25, -0.2) is 28.4 Å². The third-order valence-corrected chi connectivity index (χ3v) is 4.18. The van der Waals surface area contributed by atoms with Crippen LogP contribution in [0.2, 0.25) is 5.02 Å². The zero-order valence-corrected chi connectivity index (χ0v) is 16.9. The average molecular weight is 487 g/mol. The molecule has 1 aromatic heterocycles. The largest absolute Gasteiger partial charge is 0.417 e. The van der Waals surface area contributed by atoms with Crippen molar-refractivity contribution in [2.24, 2.45) is 10.7 Å². The van der Waals surface area contributed by atoms with Gasteiger partial charge >= 0.3 is 12.1 Å². The lowest BCUT2D eigenvalue weighted by atomic mass is 10.2. The third-order valence-electron chi connectivity index (χ3n) is 3.85. The minimum absolute atomic E-state index is 0.102. The monoisotopic (exact) mass is 486 g/mol. The zero-order valence-electron chi connectivity index (χ0n) is 16.2. The first kappa shape index (κ1) is 23.7. The van der Waals surface area contributed by atoms with E-state index >= 15 is 0 Å². The maximum Gasteiger partial charge on any atom is 0.417 e. The molecule has 13 heteroatoms. The Bertz CT molecular complexity index is 1180. The van der Waals surface area contributed by atoms with E-state index in [0.29, 0.717) is 18.2 Å². The third kappa shape index (κ3) is 6.07. The summed E-state index contributed by atoms with van der Waals surface area (Å²) in [6, 6.07) is 8.52. The molecule has 1 heterocycles. The van der Waals surface area contributed by atoms with Crippen molar-refractivity contribution in [2.45, 2.75) is 6.18 Å². The van der Waals surface area contributed by atoms with E-state index in [4.69, 9.17) is 17.3 Å². The van der Waals surface area contributed by atoms with Crippen LogP contribution in [0.5, 0.6) is 5.75 Å². The molecule has 3 aromatic rings. The number of nitrogens with two attached hydrogens (primary N) is 1. The quantitative estimate of drug-likeness (QED) is 0.168. The summed E-state index contributed by atoms with van der Waals surface area (Å²) in [6.45, 7) is 0. The van der Waals surface area contributed by atoms with Crippen molar-refractivity contribution < 1.29 is 36.5 Å². The van der Waals surface area contributed by atoms with Crippen LogP contribution in [0, 0.1) is 11.6 Å². The number of halogens is 6. The number of carbonyl (C=O) groups is 1. The smallest absolute Gasteiger partial charge is 0.369 e. The van der Waals surface area contributed by atoms with Crippen LogP contribution in [0.1, 0.15) is 16.1 Å². The molecule has 7 nitrogen and oxygen atoms in total.